The van der Waals surface area contributed by atoms with Crippen LogP contribution in [0, 0.1) is 6.92 Å². The molecule has 4 rings (SSSR count). The molecule has 0 atom stereocenters. The largest absolute Gasteiger partial charge is 0.337 e. The summed E-state index contributed by atoms with van der Waals surface area (Å²) < 4.78 is 0. The molecule has 1 aliphatic heterocycles. The molecule has 0 unspecified atom stereocenters. The van der Waals surface area contributed by atoms with E-state index in [0.717, 1.165) is 36.2 Å². The Morgan fingerprint density at radius 2 is 1.65 bits per heavy atom. The van der Waals surface area contributed by atoms with Gasteiger partial charge in [0.2, 0.25) is 5.43 Å². The molecule has 0 amide bonds. The highest BCUT2D eigenvalue weighted by atomic mass is 16.2. The monoisotopic (exact) mass is 303 g/mol. The summed E-state index contributed by atoms with van der Waals surface area (Å²) in [5.41, 5.74) is 4.65. The van der Waals surface area contributed by atoms with Gasteiger partial charge in [0, 0.05) is 12.2 Å². The maximum atomic E-state index is 12.3. The topological polar surface area (TPSA) is 37.4 Å². The molecule has 0 spiro atoms. The summed E-state index contributed by atoms with van der Waals surface area (Å²) in [7, 11) is 0. The van der Waals surface area contributed by atoms with Crippen molar-refractivity contribution in [1.29, 1.82) is 0 Å². The van der Waals surface area contributed by atoms with Crippen molar-refractivity contribution in [3.05, 3.63) is 80.1 Å². The predicted molar refractivity (Wildman–Crippen MR) is 93.3 cm³/mol. The average molecular weight is 303 g/mol. The lowest BCUT2D eigenvalue weighted by atomic mass is 9.94. The quantitative estimate of drug-likeness (QED) is 0.681. The smallest absolute Gasteiger partial charge is 0.250 e. The first-order valence-electron chi connectivity index (χ1n) is 7.92. The van der Waals surface area contributed by atoms with Crippen LogP contribution in [-0.4, -0.2) is 6.54 Å². The van der Waals surface area contributed by atoms with Crippen LogP contribution < -0.4 is 15.8 Å². The second-order valence-corrected chi connectivity index (χ2v) is 6.13. The molecule has 3 nitrogen and oxygen atoms in total. The van der Waals surface area contributed by atoms with Crippen molar-refractivity contribution in [2.24, 2.45) is 0 Å². The van der Waals surface area contributed by atoms with Crippen LogP contribution in [0.4, 0.5) is 11.4 Å². The average Bonchev–Trinajstić information content (AvgIpc) is 2.59. The van der Waals surface area contributed by atoms with Crippen LogP contribution in [0.15, 0.2) is 58.1 Å². The van der Waals surface area contributed by atoms with E-state index in [4.69, 9.17) is 0 Å². The molecule has 0 radical (unpaired) electrons. The number of fused-ring (bicyclic) bond motifs is 1. The van der Waals surface area contributed by atoms with E-state index < -0.39 is 0 Å². The Balaban J connectivity index is 1.86. The Kier molecular flexibility index (Phi) is 3.15. The minimum Gasteiger partial charge on any atom is -0.337 e. The minimum atomic E-state index is -0.369. The fourth-order valence-electron chi connectivity index (χ4n) is 3.39. The van der Waals surface area contributed by atoms with E-state index in [1.807, 2.05) is 54.3 Å². The first kappa shape index (κ1) is 13.9. The third-order valence-corrected chi connectivity index (χ3v) is 4.61. The van der Waals surface area contributed by atoms with Crippen molar-refractivity contribution < 1.29 is 0 Å². The summed E-state index contributed by atoms with van der Waals surface area (Å²) >= 11 is 0. The van der Waals surface area contributed by atoms with Gasteiger partial charge in [-0.15, -0.1) is 0 Å². The first-order valence-corrected chi connectivity index (χ1v) is 7.92. The molecular weight excluding hydrogens is 286 g/mol. The van der Waals surface area contributed by atoms with Crippen LogP contribution in [0.25, 0.3) is 11.1 Å². The fraction of sp³-hybridized carbons (Fsp3) is 0.200. The SMILES string of the molecule is Cc1ccc(-c2c(N3CCCc4ccccc43)c(=O)c2=O)cc1. The lowest BCUT2D eigenvalue weighted by Crippen LogP contribution is -2.41. The van der Waals surface area contributed by atoms with Gasteiger partial charge in [0.25, 0.3) is 5.43 Å². The van der Waals surface area contributed by atoms with Gasteiger partial charge < -0.3 is 4.90 Å². The molecule has 0 saturated heterocycles. The lowest BCUT2D eigenvalue weighted by molar-refractivity contribution is 0.763. The highest BCUT2D eigenvalue weighted by molar-refractivity contribution is 5.86. The Bertz CT molecular complexity index is 947. The van der Waals surface area contributed by atoms with Gasteiger partial charge in [-0.05, 0) is 37.0 Å². The molecule has 1 heterocycles. The zero-order valence-corrected chi connectivity index (χ0v) is 13.0. The molecular formula is C20H17NO2. The number of para-hydroxylation sites is 1. The normalized spacial score (nSPS) is 14.0. The Labute approximate surface area is 134 Å². The molecule has 3 heteroatoms. The van der Waals surface area contributed by atoms with Gasteiger partial charge in [0.1, 0.15) is 5.69 Å². The molecule has 3 aromatic carbocycles. The molecule has 0 aromatic heterocycles. The first-order chi connectivity index (χ1) is 11.2. The van der Waals surface area contributed by atoms with Gasteiger partial charge in [-0.2, -0.15) is 0 Å². The van der Waals surface area contributed by atoms with Crippen molar-refractivity contribution in [3.8, 4) is 11.1 Å². The van der Waals surface area contributed by atoms with Gasteiger partial charge in [0.15, 0.2) is 0 Å². The van der Waals surface area contributed by atoms with Crippen LogP contribution in [0.5, 0.6) is 0 Å². The summed E-state index contributed by atoms with van der Waals surface area (Å²) in [6.07, 6.45) is 2.01. The van der Waals surface area contributed by atoms with Crippen molar-refractivity contribution in [3.63, 3.8) is 0 Å². The van der Waals surface area contributed by atoms with E-state index in [0.29, 0.717) is 11.3 Å². The number of anilines is 2. The molecule has 0 bridgehead atoms. The fourth-order valence-corrected chi connectivity index (χ4v) is 3.39. The van der Waals surface area contributed by atoms with Crippen molar-refractivity contribution in [2.45, 2.75) is 19.8 Å². The zero-order chi connectivity index (χ0) is 16.0. The summed E-state index contributed by atoms with van der Waals surface area (Å²) in [6.45, 7) is 2.79. The second kappa shape index (κ2) is 5.20. The highest BCUT2D eigenvalue weighted by Crippen LogP contribution is 2.36. The van der Waals surface area contributed by atoms with Gasteiger partial charge in [-0.1, -0.05) is 48.0 Å². The molecule has 0 saturated carbocycles. The van der Waals surface area contributed by atoms with E-state index in [2.05, 4.69) is 6.07 Å². The molecule has 114 valence electrons. The van der Waals surface area contributed by atoms with E-state index in [-0.39, 0.29) is 10.9 Å². The van der Waals surface area contributed by atoms with E-state index in [1.54, 1.807) is 0 Å². The second-order valence-electron chi connectivity index (χ2n) is 6.13. The molecule has 1 aliphatic rings. The highest BCUT2D eigenvalue weighted by Gasteiger charge is 2.30. The van der Waals surface area contributed by atoms with Gasteiger partial charge in [-0.3, -0.25) is 9.59 Å². The van der Waals surface area contributed by atoms with Crippen LogP contribution >= 0.6 is 0 Å². The Hall–Kier alpha value is -2.68. The predicted octanol–water partition coefficient (Wildman–Crippen LogP) is 3.34. The Morgan fingerprint density at radius 3 is 2.43 bits per heavy atom. The Morgan fingerprint density at radius 1 is 0.913 bits per heavy atom. The van der Waals surface area contributed by atoms with E-state index in [9.17, 15) is 9.59 Å². The lowest BCUT2D eigenvalue weighted by Gasteiger charge is -2.33. The van der Waals surface area contributed by atoms with Gasteiger partial charge >= 0.3 is 0 Å². The van der Waals surface area contributed by atoms with Gasteiger partial charge in [0.05, 0.1) is 5.56 Å². The molecule has 0 aliphatic carbocycles. The summed E-state index contributed by atoms with van der Waals surface area (Å²) in [6, 6.07) is 15.9. The van der Waals surface area contributed by atoms with Crippen molar-refractivity contribution in [1.82, 2.24) is 0 Å². The van der Waals surface area contributed by atoms with Crippen LogP contribution in [0.3, 0.4) is 0 Å². The van der Waals surface area contributed by atoms with Gasteiger partial charge in [-0.25, -0.2) is 0 Å². The zero-order valence-electron chi connectivity index (χ0n) is 13.0. The minimum absolute atomic E-state index is 0.364. The molecule has 3 aromatic rings. The van der Waals surface area contributed by atoms with E-state index in [1.165, 1.54) is 5.56 Å². The van der Waals surface area contributed by atoms with Crippen LogP contribution in [0.1, 0.15) is 17.5 Å². The number of nitrogens with zero attached hydrogens (tertiary/aromatic N) is 1. The van der Waals surface area contributed by atoms with Crippen molar-refractivity contribution in [2.75, 3.05) is 11.4 Å². The number of rotatable bonds is 2. The number of benzene rings is 2. The number of hydrogen-bond acceptors (Lipinski definition) is 3. The third kappa shape index (κ3) is 2.12. The van der Waals surface area contributed by atoms with Crippen LogP contribution in [0.2, 0.25) is 0 Å². The third-order valence-electron chi connectivity index (χ3n) is 4.61. The van der Waals surface area contributed by atoms with Crippen molar-refractivity contribution >= 4 is 11.4 Å². The number of hydrogen-bond donors (Lipinski definition) is 0. The standard InChI is InChI=1S/C20H17NO2/c1-13-8-10-15(11-9-13)17-18(20(23)19(17)22)21-12-4-6-14-5-2-3-7-16(14)21/h2-3,5,7-11H,4,6,12H2,1H3. The number of aryl methyl sites for hydroxylation is 2. The molecule has 0 fully saturated rings. The summed E-state index contributed by atoms with van der Waals surface area (Å²) in [4.78, 5) is 26.5. The molecule has 0 N–H and O–H groups in total. The maximum Gasteiger partial charge on any atom is 0.250 e. The maximum absolute atomic E-state index is 12.3. The summed E-state index contributed by atoms with van der Waals surface area (Å²) in [5.74, 6) is 0. The molecule has 23 heavy (non-hydrogen) atoms. The summed E-state index contributed by atoms with van der Waals surface area (Å²) in [5, 5.41) is 0. The van der Waals surface area contributed by atoms with Crippen LogP contribution in [-0.2, 0) is 6.42 Å². The van der Waals surface area contributed by atoms with E-state index >= 15 is 0 Å².